The first-order valence-corrected chi connectivity index (χ1v) is 10.9. The summed E-state index contributed by atoms with van der Waals surface area (Å²) in [5.41, 5.74) is 4.84. The Bertz CT molecular complexity index is 1180. The number of carbonyl (C=O) groups excluding carboxylic acids is 1. The summed E-state index contributed by atoms with van der Waals surface area (Å²) in [5.74, 6) is 0.645. The number of pyridine rings is 1. The second-order valence-corrected chi connectivity index (χ2v) is 8.03. The molecule has 0 spiro atoms. The summed E-state index contributed by atoms with van der Waals surface area (Å²) in [4.78, 5) is 16.9. The third kappa shape index (κ3) is 5.71. The van der Waals surface area contributed by atoms with E-state index in [1.54, 1.807) is 31.4 Å². The zero-order valence-corrected chi connectivity index (χ0v) is 19.2. The van der Waals surface area contributed by atoms with Crippen LogP contribution in [0.15, 0.2) is 63.8 Å². The first-order valence-electron chi connectivity index (χ1n) is 9.87. The second-order valence-electron chi connectivity index (χ2n) is 7.06. The van der Waals surface area contributed by atoms with E-state index in [2.05, 4.69) is 26.6 Å². The average molecular weight is 446 g/mol. The fraction of sp³-hybridized carbons (Fsp3) is 0.208. The van der Waals surface area contributed by atoms with Crippen molar-refractivity contribution < 1.29 is 9.53 Å². The van der Waals surface area contributed by atoms with Crippen LogP contribution in [-0.2, 0) is 4.79 Å². The molecule has 0 bridgehead atoms. The zero-order valence-electron chi connectivity index (χ0n) is 18.3. The number of methoxy groups -OCH3 is 1. The van der Waals surface area contributed by atoms with Gasteiger partial charge in [0.05, 0.1) is 29.8 Å². The first-order chi connectivity index (χ1) is 15.4. The van der Waals surface area contributed by atoms with Crippen LogP contribution in [0.5, 0.6) is 5.75 Å². The van der Waals surface area contributed by atoms with Gasteiger partial charge in [0.2, 0.25) is 5.91 Å². The molecular weight excluding hydrogens is 422 g/mol. The lowest BCUT2D eigenvalue weighted by Crippen LogP contribution is -2.14. The lowest BCUT2D eigenvalue weighted by molar-refractivity contribution is -0.113. The SMILES string of the molecule is COc1ccc(NC(=O)CSc2nc(C)c(N=Nc3ccc(C)cc3)c(C)c2C#N)cc1. The van der Waals surface area contributed by atoms with Crippen molar-refractivity contribution in [1.82, 2.24) is 4.98 Å². The average Bonchev–Trinajstić information content (AvgIpc) is 2.79. The maximum Gasteiger partial charge on any atom is 0.234 e. The number of hydrogen-bond acceptors (Lipinski definition) is 7. The molecule has 0 saturated carbocycles. The van der Waals surface area contributed by atoms with E-state index in [1.807, 2.05) is 45.0 Å². The fourth-order valence-electron chi connectivity index (χ4n) is 2.92. The number of aryl methyl sites for hydroxylation is 2. The molecule has 0 saturated heterocycles. The number of anilines is 1. The number of azo groups is 1. The van der Waals surface area contributed by atoms with Gasteiger partial charge >= 0.3 is 0 Å². The normalized spacial score (nSPS) is 10.7. The molecule has 0 aliphatic carbocycles. The number of carbonyl (C=O) groups is 1. The number of thioether (sulfide) groups is 1. The minimum Gasteiger partial charge on any atom is -0.497 e. The van der Waals surface area contributed by atoms with Crippen LogP contribution in [0, 0.1) is 32.1 Å². The van der Waals surface area contributed by atoms with Crippen molar-refractivity contribution >= 4 is 34.7 Å². The maximum absolute atomic E-state index is 12.4. The van der Waals surface area contributed by atoms with E-state index >= 15 is 0 Å². The molecule has 1 aromatic heterocycles. The summed E-state index contributed by atoms with van der Waals surface area (Å²) in [6.07, 6.45) is 0. The Balaban J connectivity index is 1.73. The number of amides is 1. The molecule has 0 aliphatic heterocycles. The number of aromatic nitrogens is 1. The van der Waals surface area contributed by atoms with E-state index in [-0.39, 0.29) is 11.7 Å². The Hall–Kier alpha value is -3.70. The van der Waals surface area contributed by atoms with Gasteiger partial charge in [-0.05, 0) is 62.7 Å². The molecule has 0 atom stereocenters. The van der Waals surface area contributed by atoms with Crippen molar-refractivity contribution in [2.24, 2.45) is 10.2 Å². The van der Waals surface area contributed by atoms with Crippen LogP contribution in [0.25, 0.3) is 0 Å². The number of nitrogens with one attached hydrogen (secondary N) is 1. The van der Waals surface area contributed by atoms with Gasteiger partial charge in [0.15, 0.2) is 0 Å². The maximum atomic E-state index is 12.4. The van der Waals surface area contributed by atoms with Gasteiger partial charge in [-0.1, -0.05) is 29.5 Å². The number of hydrogen-bond donors (Lipinski definition) is 1. The highest BCUT2D eigenvalue weighted by Gasteiger charge is 2.16. The van der Waals surface area contributed by atoms with Crippen molar-refractivity contribution in [3.63, 3.8) is 0 Å². The Labute approximate surface area is 191 Å². The minimum atomic E-state index is -0.190. The molecule has 1 amide bonds. The largest absolute Gasteiger partial charge is 0.497 e. The van der Waals surface area contributed by atoms with Crippen LogP contribution in [0.1, 0.15) is 22.4 Å². The monoisotopic (exact) mass is 445 g/mol. The van der Waals surface area contributed by atoms with Gasteiger partial charge in [-0.15, -0.1) is 5.11 Å². The number of nitrogens with zero attached hydrogens (tertiary/aromatic N) is 4. The van der Waals surface area contributed by atoms with Gasteiger partial charge in [-0.3, -0.25) is 4.79 Å². The third-order valence-corrected chi connectivity index (χ3v) is 5.66. The van der Waals surface area contributed by atoms with Crippen LogP contribution < -0.4 is 10.1 Å². The Morgan fingerprint density at radius 1 is 1.09 bits per heavy atom. The lowest BCUT2D eigenvalue weighted by Gasteiger charge is -2.11. The van der Waals surface area contributed by atoms with Gasteiger partial charge in [0.1, 0.15) is 22.5 Å². The molecule has 32 heavy (non-hydrogen) atoms. The molecule has 162 valence electrons. The first kappa shape index (κ1) is 23.0. The minimum absolute atomic E-state index is 0.122. The molecule has 0 fully saturated rings. The van der Waals surface area contributed by atoms with Crippen LogP contribution >= 0.6 is 11.8 Å². The molecule has 0 unspecified atom stereocenters. The molecule has 1 heterocycles. The van der Waals surface area contributed by atoms with Gasteiger partial charge in [0.25, 0.3) is 0 Å². The summed E-state index contributed by atoms with van der Waals surface area (Å²) in [6.45, 7) is 5.64. The highest BCUT2D eigenvalue weighted by Crippen LogP contribution is 2.33. The second kappa shape index (κ2) is 10.6. The van der Waals surface area contributed by atoms with E-state index in [4.69, 9.17) is 4.74 Å². The Morgan fingerprint density at radius 3 is 2.41 bits per heavy atom. The predicted molar refractivity (Wildman–Crippen MR) is 126 cm³/mol. The van der Waals surface area contributed by atoms with E-state index in [0.29, 0.717) is 39.0 Å². The van der Waals surface area contributed by atoms with Crippen LogP contribution in [-0.4, -0.2) is 23.8 Å². The van der Waals surface area contributed by atoms with Gasteiger partial charge in [-0.25, -0.2) is 4.98 Å². The summed E-state index contributed by atoms with van der Waals surface area (Å²) < 4.78 is 5.11. The van der Waals surface area contributed by atoms with Crippen LogP contribution in [0.4, 0.5) is 17.1 Å². The third-order valence-electron chi connectivity index (χ3n) is 4.68. The predicted octanol–water partition coefficient (Wildman–Crippen LogP) is 6.03. The summed E-state index contributed by atoms with van der Waals surface area (Å²) >= 11 is 1.22. The molecule has 8 heteroatoms. The number of benzene rings is 2. The van der Waals surface area contributed by atoms with Crippen molar-refractivity contribution in [1.29, 1.82) is 5.26 Å². The van der Waals surface area contributed by atoms with E-state index in [0.717, 1.165) is 11.3 Å². The zero-order chi connectivity index (χ0) is 23.1. The smallest absolute Gasteiger partial charge is 0.234 e. The van der Waals surface area contributed by atoms with Gasteiger partial charge in [0, 0.05) is 5.69 Å². The van der Waals surface area contributed by atoms with Crippen molar-refractivity contribution in [3.8, 4) is 11.8 Å². The Morgan fingerprint density at radius 2 is 1.78 bits per heavy atom. The number of nitriles is 1. The molecule has 7 nitrogen and oxygen atoms in total. The topological polar surface area (TPSA) is 99.7 Å². The van der Waals surface area contributed by atoms with Crippen LogP contribution in [0.2, 0.25) is 0 Å². The molecule has 1 N–H and O–H groups in total. The molecule has 3 rings (SSSR count). The van der Waals surface area contributed by atoms with E-state index in [1.165, 1.54) is 11.8 Å². The Kier molecular flexibility index (Phi) is 7.58. The molecule has 0 radical (unpaired) electrons. The molecule has 3 aromatic rings. The van der Waals surface area contributed by atoms with Crippen LogP contribution in [0.3, 0.4) is 0 Å². The number of rotatable bonds is 7. The van der Waals surface area contributed by atoms with Gasteiger partial charge < -0.3 is 10.1 Å². The van der Waals surface area contributed by atoms with E-state index in [9.17, 15) is 10.1 Å². The summed E-state index contributed by atoms with van der Waals surface area (Å²) in [7, 11) is 1.59. The molecule has 0 aliphatic rings. The van der Waals surface area contributed by atoms with Crippen molar-refractivity contribution in [2.75, 3.05) is 18.2 Å². The van der Waals surface area contributed by atoms with Gasteiger partial charge in [-0.2, -0.15) is 10.4 Å². The van der Waals surface area contributed by atoms with E-state index < -0.39 is 0 Å². The number of ether oxygens (including phenoxy) is 1. The standard InChI is InChI=1S/C24H23N5O2S/c1-15-5-7-19(8-6-15)28-29-23-16(2)21(13-25)24(26-17(23)3)32-14-22(30)27-18-9-11-20(31-4)12-10-18/h5-12H,14H2,1-4H3,(H,27,30). The highest BCUT2D eigenvalue weighted by atomic mass is 32.2. The van der Waals surface area contributed by atoms with Crippen molar-refractivity contribution in [2.45, 2.75) is 25.8 Å². The lowest BCUT2D eigenvalue weighted by atomic mass is 10.1. The quantitative estimate of drug-likeness (QED) is 0.353. The summed E-state index contributed by atoms with van der Waals surface area (Å²) in [5, 5.41) is 21.6. The molecule has 2 aromatic carbocycles. The van der Waals surface area contributed by atoms with Crippen molar-refractivity contribution in [3.05, 3.63) is 70.9 Å². The molecular formula is C24H23N5O2S. The highest BCUT2D eigenvalue weighted by molar-refractivity contribution is 8.00. The fourth-order valence-corrected chi connectivity index (χ4v) is 3.80. The summed E-state index contributed by atoms with van der Waals surface area (Å²) in [6, 6.07) is 17.0.